The molecule has 0 bridgehead atoms. The summed E-state index contributed by atoms with van der Waals surface area (Å²) in [7, 11) is 0. The summed E-state index contributed by atoms with van der Waals surface area (Å²) in [5, 5.41) is 15.1. The molecule has 2 rings (SSSR count). The third kappa shape index (κ3) is 4.04. The van der Waals surface area contributed by atoms with E-state index in [0.717, 1.165) is 4.90 Å². The molecule has 0 atom stereocenters. The van der Waals surface area contributed by atoms with E-state index in [4.69, 9.17) is 11.6 Å². The van der Waals surface area contributed by atoms with Gasteiger partial charge in [-0.05, 0) is 36.4 Å². The second kappa shape index (κ2) is 6.31. The molecule has 96 valence electrons. The highest BCUT2D eigenvalue weighted by molar-refractivity contribution is 7.97. The molecule has 0 aromatic heterocycles. The number of hydrogen-bond donors (Lipinski definition) is 0. The van der Waals surface area contributed by atoms with Crippen molar-refractivity contribution < 1.29 is 4.92 Å². The minimum atomic E-state index is -0.455. The number of halogens is 1. The number of hydrogen-bond acceptors (Lipinski definition) is 5. The van der Waals surface area contributed by atoms with Gasteiger partial charge in [-0.3, -0.25) is 10.1 Å². The molecule has 0 N–H and O–H groups in total. The molecule has 0 unspecified atom stereocenters. The van der Waals surface area contributed by atoms with Gasteiger partial charge in [0.05, 0.1) is 10.6 Å². The normalized spacial score (nSPS) is 10.8. The van der Waals surface area contributed by atoms with Gasteiger partial charge in [0, 0.05) is 34.0 Å². The van der Waals surface area contributed by atoms with Crippen LogP contribution in [0, 0.1) is 10.1 Å². The van der Waals surface area contributed by atoms with Crippen LogP contribution in [0.25, 0.3) is 0 Å². The molecule has 19 heavy (non-hydrogen) atoms. The van der Waals surface area contributed by atoms with Crippen LogP contribution >= 0.6 is 23.5 Å². The second-order valence-corrected chi connectivity index (χ2v) is 4.75. The second-order valence-electron chi connectivity index (χ2n) is 3.50. The third-order valence-corrected chi connectivity index (χ3v) is 3.07. The van der Waals surface area contributed by atoms with Crippen molar-refractivity contribution in [1.82, 2.24) is 0 Å². The molecular formula is C12H8ClN3O2S. The minimum Gasteiger partial charge on any atom is -0.258 e. The lowest BCUT2D eigenvalue weighted by Crippen LogP contribution is -1.85. The number of nitrogens with zero attached hydrogens (tertiary/aromatic N) is 3. The van der Waals surface area contributed by atoms with Crippen LogP contribution in [0.5, 0.6) is 0 Å². The van der Waals surface area contributed by atoms with Gasteiger partial charge < -0.3 is 0 Å². The summed E-state index contributed by atoms with van der Waals surface area (Å²) >= 11 is 6.96. The van der Waals surface area contributed by atoms with Crippen molar-refractivity contribution >= 4 is 34.9 Å². The summed E-state index contributed by atoms with van der Waals surface area (Å²) in [6.45, 7) is 0. The Labute approximate surface area is 118 Å². The fraction of sp³-hybridized carbons (Fsp3) is 0. The van der Waals surface area contributed by atoms with Gasteiger partial charge in [0.25, 0.3) is 5.69 Å². The number of rotatable bonds is 4. The van der Waals surface area contributed by atoms with Crippen LogP contribution in [0.15, 0.2) is 63.1 Å². The van der Waals surface area contributed by atoms with Crippen molar-refractivity contribution in [2.75, 3.05) is 0 Å². The minimum absolute atomic E-state index is 0.0318. The van der Waals surface area contributed by atoms with Gasteiger partial charge in [-0.2, -0.15) is 0 Å². The van der Waals surface area contributed by atoms with E-state index in [1.807, 2.05) is 12.1 Å². The Kier molecular flexibility index (Phi) is 4.48. The van der Waals surface area contributed by atoms with Gasteiger partial charge >= 0.3 is 0 Å². The number of benzene rings is 2. The summed E-state index contributed by atoms with van der Waals surface area (Å²) in [6, 6.07) is 13.1. The first kappa shape index (κ1) is 13.5. The molecule has 0 fully saturated rings. The maximum absolute atomic E-state index is 10.5. The number of nitro benzene ring substituents is 1. The Morgan fingerprint density at radius 3 is 2.26 bits per heavy atom. The quantitative estimate of drug-likeness (QED) is 0.343. The molecule has 7 heteroatoms. The Morgan fingerprint density at radius 2 is 1.68 bits per heavy atom. The molecule has 0 spiro atoms. The van der Waals surface area contributed by atoms with Crippen LogP contribution in [0.3, 0.4) is 0 Å². The van der Waals surface area contributed by atoms with Crippen molar-refractivity contribution in [1.29, 1.82) is 0 Å². The lowest BCUT2D eigenvalue weighted by atomic mass is 10.3. The molecule has 5 nitrogen and oxygen atoms in total. The predicted molar refractivity (Wildman–Crippen MR) is 74.9 cm³/mol. The molecule has 0 radical (unpaired) electrons. The van der Waals surface area contributed by atoms with Crippen LogP contribution in [-0.4, -0.2) is 4.92 Å². The molecule has 0 saturated heterocycles. The van der Waals surface area contributed by atoms with Crippen molar-refractivity contribution in [2.45, 2.75) is 4.90 Å². The van der Waals surface area contributed by atoms with Crippen molar-refractivity contribution in [2.24, 2.45) is 9.63 Å². The molecule has 0 aliphatic carbocycles. The van der Waals surface area contributed by atoms with Gasteiger partial charge in [-0.1, -0.05) is 11.6 Å². The van der Waals surface area contributed by atoms with E-state index >= 15 is 0 Å². The van der Waals surface area contributed by atoms with Crippen molar-refractivity contribution in [3.05, 3.63) is 63.7 Å². The number of nitro groups is 1. The predicted octanol–water partition coefficient (Wildman–Crippen LogP) is 5.04. The van der Waals surface area contributed by atoms with E-state index in [1.165, 1.54) is 24.1 Å². The average molecular weight is 294 g/mol. The summed E-state index contributed by atoms with van der Waals surface area (Å²) in [6.07, 6.45) is 0. The van der Waals surface area contributed by atoms with Crippen molar-refractivity contribution in [3.8, 4) is 0 Å². The first-order chi connectivity index (χ1) is 9.15. The Balaban J connectivity index is 1.98. The fourth-order valence-corrected chi connectivity index (χ4v) is 1.86. The molecule has 2 aromatic rings. The third-order valence-electron chi connectivity index (χ3n) is 2.18. The van der Waals surface area contributed by atoms with E-state index in [1.54, 1.807) is 24.3 Å². The highest BCUT2D eigenvalue weighted by Crippen LogP contribution is 2.24. The highest BCUT2D eigenvalue weighted by Gasteiger charge is 2.02. The van der Waals surface area contributed by atoms with Crippen LogP contribution in [0.4, 0.5) is 11.4 Å². The molecular weight excluding hydrogens is 286 g/mol. The zero-order valence-corrected chi connectivity index (χ0v) is 11.1. The van der Waals surface area contributed by atoms with Crippen LogP contribution in [0.2, 0.25) is 5.02 Å². The lowest BCUT2D eigenvalue weighted by Gasteiger charge is -1.95. The maximum Gasteiger partial charge on any atom is 0.269 e. The molecule has 0 aliphatic rings. The largest absolute Gasteiger partial charge is 0.269 e. The lowest BCUT2D eigenvalue weighted by molar-refractivity contribution is -0.384. The van der Waals surface area contributed by atoms with Gasteiger partial charge in [-0.25, -0.2) is 0 Å². The smallest absolute Gasteiger partial charge is 0.258 e. The molecule has 0 saturated carbocycles. The van der Waals surface area contributed by atoms with Crippen molar-refractivity contribution in [3.63, 3.8) is 0 Å². The van der Waals surface area contributed by atoms with Gasteiger partial charge in [0.1, 0.15) is 0 Å². The first-order valence-corrected chi connectivity index (χ1v) is 6.38. The maximum atomic E-state index is 10.5. The fourth-order valence-electron chi connectivity index (χ4n) is 1.25. The summed E-state index contributed by atoms with van der Waals surface area (Å²) < 4.78 is 3.94. The first-order valence-electron chi connectivity index (χ1n) is 5.23. The topological polar surface area (TPSA) is 67.9 Å². The van der Waals surface area contributed by atoms with E-state index in [0.29, 0.717) is 10.7 Å². The van der Waals surface area contributed by atoms with Gasteiger partial charge in [-0.15, -0.1) is 9.63 Å². The SMILES string of the molecule is O=[N+]([O-])c1ccc(N=NSc2ccc(Cl)cc2)cc1. The zero-order chi connectivity index (χ0) is 13.7. The van der Waals surface area contributed by atoms with Crippen LogP contribution in [-0.2, 0) is 0 Å². The summed E-state index contributed by atoms with van der Waals surface area (Å²) in [4.78, 5) is 10.9. The molecule has 0 aliphatic heterocycles. The Morgan fingerprint density at radius 1 is 1.05 bits per heavy atom. The number of non-ortho nitro benzene ring substituents is 1. The van der Waals surface area contributed by atoms with Crippen LogP contribution < -0.4 is 0 Å². The average Bonchev–Trinajstić information content (AvgIpc) is 2.41. The van der Waals surface area contributed by atoms with Gasteiger partial charge in [0.15, 0.2) is 0 Å². The molecule has 0 amide bonds. The van der Waals surface area contributed by atoms with E-state index < -0.39 is 4.92 Å². The highest BCUT2D eigenvalue weighted by atomic mass is 35.5. The monoisotopic (exact) mass is 293 g/mol. The summed E-state index contributed by atoms with van der Waals surface area (Å²) in [5.74, 6) is 0. The van der Waals surface area contributed by atoms with Crippen LogP contribution in [0.1, 0.15) is 0 Å². The standard InChI is InChI=1S/C12H8ClN3O2S/c13-9-1-7-12(8-2-9)19-15-14-10-3-5-11(6-4-10)16(17)18/h1-8H. The Hall–Kier alpha value is -1.92. The van der Waals surface area contributed by atoms with E-state index in [2.05, 4.69) is 9.63 Å². The zero-order valence-electron chi connectivity index (χ0n) is 9.56. The van der Waals surface area contributed by atoms with E-state index in [-0.39, 0.29) is 5.69 Å². The van der Waals surface area contributed by atoms with E-state index in [9.17, 15) is 10.1 Å². The van der Waals surface area contributed by atoms with Gasteiger partial charge in [0.2, 0.25) is 0 Å². The molecule has 0 heterocycles. The Bertz CT molecular complexity index is 599. The molecule has 2 aromatic carbocycles. The summed E-state index contributed by atoms with van der Waals surface area (Å²) in [5.41, 5.74) is 0.594.